The van der Waals surface area contributed by atoms with Crippen molar-refractivity contribution in [2.75, 3.05) is 7.05 Å². The molecule has 0 aliphatic carbocycles. The van der Waals surface area contributed by atoms with E-state index in [1.54, 1.807) is 13.1 Å². The molecule has 0 aliphatic rings. The van der Waals surface area contributed by atoms with E-state index in [0.29, 0.717) is 11.1 Å². The molecule has 0 heterocycles. The van der Waals surface area contributed by atoms with Crippen LogP contribution in [0.4, 0.5) is 17.6 Å². The van der Waals surface area contributed by atoms with E-state index in [9.17, 15) is 17.6 Å². The molecule has 112 valence electrons. The molecule has 21 heavy (non-hydrogen) atoms. The largest absolute Gasteiger partial charge is 0.573 e. The number of para-hydroxylation sites is 1. The molecular weight excluding hydrogens is 286 g/mol. The Balaban J connectivity index is 2.40. The monoisotopic (exact) mass is 299 g/mol. The Kier molecular flexibility index (Phi) is 4.47. The highest BCUT2D eigenvalue weighted by Gasteiger charge is 2.33. The summed E-state index contributed by atoms with van der Waals surface area (Å²) in [5.74, 6) is -0.692. The van der Waals surface area contributed by atoms with Gasteiger partial charge < -0.3 is 10.1 Å². The Hall–Kier alpha value is -2.08. The first-order valence-electron chi connectivity index (χ1n) is 6.18. The standard InChI is InChI=1S/C15H13F4NO/c1-20-14(10-6-8-11(16)9-7-10)12-4-2-3-5-13(12)21-15(17,18)19/h2-9,14,20H,1H3. The Morgan fingerprint density at radius 2 is 1.62 bits per heavy atom. The van der Waals surface area contributed by atoms with Gasteiger partial charge in [0, 0.05) is 5.56 Å². The van der Waals surface area contributed by atoms with Crippen molar-refractivity contribution >= 4 is 0 Å². The van der Waals surface area contributed by atoms with Crippen LogP contribution >= 0.6 is 0 Å². The molecule has 0 amide bonds. The van der Waals surface area contributed by atoms with Crippen LogP contribution in [0, 0.1) is 5.82 Å². The van der Waals surface area contributed by atoms with E-state index in [1.165, 1.54) is 42.5 Å². The molecule has 1 atom stereocenters. The molecule has 1 N–H and O–H groups in total. The summed E-state index contributed by atoms with van der Waals surface area (Å²) >= 11 is 0. The molecule has 0 radical (unpaired) electrons. The zero-order chi connectivity index (χ0) is 15.5. The van der Waals surface area contributed by atoms with Crippen molar-refractivity contribution in [3.63, 3.8) is 0 Å². The Morgan fingerprint density at radius 3 is 2.19 bits per heavy atom. The van der Waals surface area contributed by atoms with Crippen molar-refractivity contribution in [2.45, 2.75) is 12.4 Å². The molecule has 0 saturated carbocycles. The molecule has 0 saturated heterocycles. The first kappa shape index (κ1) is 15.3. The van der Waals surface area contributed by atoms with E-state index in [1.807, 2.05) is 0 Å². The molecule has 6 heteroatoms. The Bertz CT molecular complexity index is 595. The van der Waals surface area contributed by atoms with Crippen LogP contribution in [0.1, 0.15) is 17.2 Å². The summed E-state index contributed by atoms with van der Waals surface area (Å²) in [7, 11) is 1.61. The number of benzene rings is 2. The van der Waals surface area contributed by atoms with Gasteiger partial charge in [-0.25, -0.2) is 4.39 Å². The minimum atomic E-state index is -4.77. The predicted molar refractivity (Wildman–Crippen MR) is 70.4 cm³/mol. The van der Waals surface area contributed by atoms with E-state index in [4.69, 9.17) is 0 Å². The maximum atomic E-state index is 13.0. The zero-order valence-corrected chi connectivity index (χ0v) is 11.1. The van der Waals surface area contributed by atoms with Gasteiger partial charge in [-0.2, -0.15) is 0 Å². The molecule has 0 aromatic heterocycles. The van der Waals surface area contributed by atoms with Gasteiger partial charge in [0.1, 0.15) is 11.6 Å². The van der Waals surface area contributed by atoms with Crippen molar-refractivity contribution in [2.24, 2.45) is 0 Å². The Labute approximate surface area is 119 Å². The number of ether oxygens (including phenoxy) is 1. The molecule has 0 bridgehead atoms. The lowest BCUT2D eigenvalue weighted by atomic mass is 9.98. The fraction of sp³-hybridized carbons (Fsp3) is 0.200. The highest BCUT2D eigenvalue weighted by molar-refractivity contribution is 5.41. The van der Waals surface area contributed by atoms with E-state index in [-0.39, 0.29) is 5.75 Å². The first-order valence-corrected chi connectivity index (χ1v) is 6.18. The van der Waals surface area contributed by atoms with E-state index in [0.717, 1.165) is 0 Å². The van der Waals surface area contributed by atoms with E-state index >= 15 is 0 Å². The van der Waals surface area contributed by atoms with Gasteiger partial charge in [-0.3, -0.25) is 0 Å². The maximum Gasteiger partial charge on any atom is 0.573 e. The quantitative estimate of drug-likeness (QED) is 0.861. The summed E-state index contributed by atoms with van der Waals surface area (Å²) in [5.41, 5.74) is 0.959. The second kappa shape index (κ2) is 6.13. The summed E-state index contributed by atoms with van der Waals surface area (Å²) in [6.07, 6.45) is -4.77. The van der Waals surface area contributed by atoms with Crippen molar-refractivity contribution in [3.05, 3.63) is 65.5 Å². The normalized spacial score (nSPS) is 13.0. The highest BCUT2D eigenvalue weighted by Crippen LogP contribution is 2.33. The molecule has 1 unspecified atom stereocenters. The van der Waals surface area contributed by atoms with Crippen molar-refractivity contribution in [1.82, 2.24) is 5.32 Å². The van der Waals surface area contributed by atoms with Crippen molar-refractivity contribution in [3.8, 4) is 5.75 Å². The third-order valence-corrected chi connectivity index (χ3v) is 2.95. The van der Waals surface area contributed by atoms with Crippen LogP contribution < -0.4 is 10.1 Å². The summed E-state index contributed by atoms with van der Waals surface area (Å²) in [5, 5.41) is 2.91. The number of nitrogens with one attached hydrogen (secondary N) is 1. The van der Waals surface area contributed by atoms with Crippen LogP contribution in [0.15, 0.2) is 48.5 Å². The van der Waals surface area contributed by atoms with Gasteiger partial charge in [0.15, 0.2) is 0 Å². The minimum Gasteiger partial charge on any atom is -0.405 e. The molecule has 2 rings (SSSR count). The number of alkyl halides is 3. The van der Waals surface area contributed by atoms with Gasteiger partial charge in [-0.15, -0.1) is 13.2 Å². The topological polar surface area (TPSA) is 21.3 Å². The molecule has 0 fully saturated rings. The van der Waals surface area contributed by atoms with Gasteiger partial charge in [0.2, 0.25) is 0 Å². The molecule has 0 aliphatic heterocycles. The zero-order valence-electron chi connectivity index (χ0n) is 11.1. The average molecular weight is 299 g/mol. The van der Waals surface area contributed by atoms with Crippen molar-refractivity contribution in [1.29, 1.82) is 0 Å². The van der Waals surface area contributed by atoms with Gasteiger partial charge in [0.05, 0.1) is 6.04 Å². The fourth-order valence-corrected chi connectivity index (χ4v) is 2.09. The number of rotatable bonds is 4. The first-order chi connectivity index (χ1) is 9.90. The van der Waals surface area contributed by atoms with Crippen LogP contribution in [0.5, 0.6) is 5.75 Å². The third kappa shape index (κ3) is 3.95. The molecule has 2 aromatic rings. The maximum absolute atomic E-state index is 13.0. The fourth-order valence-electron chi connectivity index (χ4n) is 2.09. The van der Waals surface area contributed by atoms with E-state index in [2.05, 4.69) is 10.1 Å². The van der Waals surface area contributed by atoms with Gasteiger partial charge >= 0.3 is 6.36 Å². The lowest BCUT2D eigenvalue weighted by Gasteiger charge is -2.21. The van der Waals surface area contributed by atoms with Crippen LogP contribution in [-0.4, -0.2) is 13.4 Å². The predicted octanol–water partition coefficient (Wildman–Crippen LogP) is 4.03. The van der Waals surface area contributed by atoms with Crippen LogP contribution in [0.2, 0.25) is 0 Å². The van der Waals surface area contributed by atoms with Gasteiger partial charge in [-0.1, -0.05) is 30.3 Å². The van der Waals surface area contributed by atoms with E-state index < -0.39 is 18.2 Å². The number of hydrogen-bond acceptors (Lipinski definition) is 2. The lowest BCUT2D eigenvalue weighted by molar-refractivity contribution is -0.275. The Morgan fingerprint density at radius 1 is 1.00 bits per heavy atom. The summed E-state index contributed by atoms with van der Waals surface area (Å²) in [6, 6.07) is 10.9. The summed E-state index contributed by atoms with van der Waals surface area (Å²) in [6.45, 7) is 0. The molecule has 0 spiro atoms. The third-order valence-electron chi connectivity index (χ3n) is 2.95. The van der Waals surface area contributed by atoms with Gasteiger partial charge in [-0.05, 0) is 30.8 Å². The highest BCUT2D eigenvalue weighted by atomic mass is 19.4. The molecular formula is C15H13F4NO. The second-order valence-corrected chi connectivity index (χ2v) is 4.36. The number of halogens is 4. The summed E-state index contributed by atoms with van der Waals surface area (Å²) < 4.78 is 54.4. The smallest absolute Gasteiger partial charge is 0.405 e. The summed E-state index contributed by atoms with van der Waals surface area (Å²) in [4.78, 5) is 0. The van der Waals surface area contributed by atoms with Gasteiger partial charge in [0.25, 0.3) is 0 Å². The van der Waals surface area contributed by atoms with Crippen LogP contribution in [-0.2, 0) is 0 Å². The SMILES string of the molecule is CNC(c1ccc(F)cc1)c1ccccc1OC(F)(F)F. The molecule has 2 aromatic carbocycles. The van der Waals surface area contributed by atoms with Crippen LogP contribution in [0.25, 0.3) is 0 Å². The average Bonchev–Trinajstić information content (AvgIpc) is 2.42. The van der Waals surface area contributed by atoms with Crippen LogP contribution in [0.3, 0.4) is 0 Å². The number of hydrogen-bond donors (Lipinski definition) is 1. The minimum absolute atomic E-state index is 0.284. The molecule has 2 nitrogen and oxygen atoms in total. The van der Waals surface area contributed by atoms with Crippen molar-refractivity contribution < 1.29 is 22.3 Å². The second-order valence-electron chi connectivity index (χ2n) is 4.36. The lowest BCUT2D eigenvalue weighted by Crippen LogP contribution is -2.22.